The monoisotopic (exact) mass is 313 g/mol. The van der Waals surface area contributed by atoms with Crippen LogP contribution >= 0.6 is 11.6 Å². The van der Waals surface area contributed by atoms with Crippen molar-refractivity contribution in [2.24, 2.45) is 0 Å². The molecule has 0 aliphatic rings. The minimum Gasteiger partial charge on any atom is -0.481 e. The first-order chi connectivity index (χ1) is 9.42. The van der Waals surface area contributed by atoms with Gasteiger partial charge in [-0.2, -0.15) is 0 Å². The van der Waals surface area contributed by atoms with Crippen LogP contribution in [0, 0.1) is 6.92 Å². The lowest BCUT2D eigenvalue weighted by Crippen LogP contribution is -2.13. The summed E-state index contributed by atoms with van der Waals surface area (Å²) in [4.78, 5) is 7.78. The summed E-state index contributed by atoms with van der Waals surface area (Å²) in [5.74, 6) is 0.400. The molecule has 0 fully saturated rings. The van der Waals surface area contributed by atoms with Crippen LogP contribution in [0.5, 0.6) is 5.88 Å². The van der Waals surface area contributed by atoms with Crippen molar-refractivity contribution in [2.75, 3.05) is 11.8 Å². The molecule has 0 bridgehead atoms. The van der Waals surface area contributed by atoms with Gasteiger partial charge in [0.15, 0.2) is 0 Å². The quantitative estimate of drug-likeness (QED) is 0.876. The molecule has 0 aliphatic carbocycles. The summed E-state index contributed by atoms with van der Waals surface area (Å²) in [6.45, 7) is 1.68. The van der Waals surface area contributed by atoms with Crippen molar-refractivity contribution in [3.05, 3.63) is 41.3 Å². The lowest BCUT2D eigenvalue weighted by atomic mass is 10.3. The molecule has 0 unspecified atom stereocenters. The van der Waals surface area contributed by atoms with Crippen LogP contribution in [0.25, 0.3) is 0 Å². The first-order valence-corrected chi connectivity index (χ1v) is 7.43. The van der Waals surface area contributed by atoms with Crippen LogP contribution in [0.1, 0.15) is 5.56 Å². The van der Waals surface area contributed by atoms with Gasteiger partial charge in [-0.3, -0.25) is 4.72 Å². The predicted molar refractivity (Wildman–Crippen MR) is 75.6 cm³/mol. The number of sulfonamides is 1. The average Bonchev–Trinajstić information content (AvgIpc) is 2.42. The smallest absolute Gasteiger partial charge is 0.263 e. The normalized spacial score (nSPS) is 11.2. The van der Waals surface area contributed by atoms with Crippen molar-refractivity contribution in [1.82, 2.24) is 9.97 Å². The van der Waals surface area contributed by atoms with Crippen LogP contribution < -0.4 is 9.46 Å². The first-order valence-electron chi connectivity index (χ1n) is 5.57. The number of ether oxygens (including phenoxy) is 1. The zero-order valence-corrected chi connectivity index (χ0v) is 12.4. The molecule has 6 nitrogen and oxygen atoms in total. The number of aryl methyl sites for hydroxylation is 1. The molecule has 0 saturated heterocycles. The summed E-state index contributed by atoms with van der Waals surface area (Å²) >= 11 is 5.77. The van der Waals surface area contributed by atoms with Crippen LogP contribution in [0.15, 0.2) is 35.5 Å². The Morgan fingerprint density at radius 3 is 2.55 bits per heavy atom. The van der Waals surface area contributed by atoms with Crippen LogP contribution in [0.2, 0.25) is 5.15 Å². The first kappa shape index (κ1) is 14.5. The average molecular weight is 314 g/mol. The summed E-state index contributed by atoms with van der Waals surface area (Å²) in [5.41, 5.74) is 0.917. The Morgan fingerprint density at radius 2 is 2.00 bits per heavy atom. The molecule has 0 amide bonds. The largest absolute Gasteiger partial charge is 0.481 e. The van der Waals surface area contributed by atoms with Gasteiger partial charge in [-0.25, -0.2) is 18.4 Å². The number of pyridine rings is 2. The van der Waals surface area contributed by atoms with E-state index in [2.05, 4.69) is 14.7 Å². The molecule has 0 aromatic carbocycles. The molecule has 0 atom stereocenters. The van der Waals surface area contributed by atoms with Crippen molar-refractivity contribution in [2.45, 2.75) is 11.8 Å². The molecule has 2 aromatic heterocycles. The molecular formula is C12H12ClN3O3S. The third-order valence-electron chi connectivity index (χ3n) is 2.50. The molecule has 8 heteroatoms. The fourth-order valence-corrected chi connectivity index (χ4v) is 2.63. The second-order valence-corrected chi connectivity index (χ2v) is 6.01. The second kappa shape index (κ2) is 5.64. The molecule has 2 rings (SSSR count). The Morgan fingerprint density at radius 1 is 1.25 bits per heavy atom. The molecule has 0 spiro atoms. The van der Waals surface area contributed by atoms with Crippen LogP contribution in [-0.4, -0.2) is 25.5 Å². The molecule has 20 heavy (non-hydrogen) atoms. The lowest BCUT2D eigenvalue weighted by molar-refractivity contribution is 0.398. The third kappa shape index (κ3) is 3.17. The minimum absolute atomic E-state index is 0.0372. The van der Waals surface area contributed by atoms with Crippen molar-refractivity contribution >= 4 is 27.3 Å². The highest BCUT2D eigenvalue weighted by molar-refractivity contribution is 7.92. The Labute approximate surface area is 121 Å². The van der Waals surface area contributed by atoms with Gasteiger partial charge in [-0.1, -0.05) is 11.6 Å². The van der Waals surface area contributed by atoms with Gasteiger partial charge in [0.05, 0.1) is 19.0 Å². The van der Waals surface area contributed by atoms with Gasteiger partial charge in [-0.05, 0) is 24.6 Å². The van der Waals surface area contributed by atoms with Gasteiger partial charge in [0.2, 0.25) is 5.88 Å². The van der Waals surface area contributed by atoms with Gasteiger partial charge >= 0.3 is 0 Å². The van der Waals surface area contributed by atoms with Gasteiger partial charge in [0.25, 0.3) is 10.0 Å². The summed E-state index contributed by atoms with van der Waals surface area (Å²) < 4.78 is 31.6. The lowest BCUT2D eigenvalue weighted by Gasteiger charge is -2.08. The number of aromatic nitrogens is 2. The van der Waals surface area contributed by atoms with E-state index in [1.54, 1.807) is 19.1 Å². The van der Waals surface area contributed by atoms with Crippen molar-refractivity contribution in [3.8, 4) is 5.88 Å². The second-order valence-electron chi connectivity index (χ2n) is 3.97. The predicted octanol–water partition coefficient (Wildman–Crippen LogP) is 2.25. The Hall–Kier alpha value is -1.86. The van der Waals surface area contributed by atoms with Gasteiger partial charge in [0, 0.05) is 12.3 Å². The van der Waals surface area contributed by atoms with E-state index in [1.807, 2.05) is 0 Å². The zero-order chi connectivity index (χ0) is 14.8. The van der Waals surface area contributed by atoms with E-state index in [1.165, 1.54) is 25.6 Å². The Bertz CT molecular complexity index is 717. The zero-order valence-electron chi connectivity index (χ0n) is 10.8. The van der Waals surface area contributed by atoms with Crippen LogP contribution in [0.4, 0.5) is 5.69 Å². The van der Waals surface area contributed by atoms with Crippen LogP contribution in [-0.2, 0) is 10.0 Å². The van der Waals surface area contributed by atoms with E-state index < -0.39 is 10.0 Å². The third-order valence-corrected chi connectivity index (χ3v) is 4.24. The maximum Gasteiger partial charge on any atom is 0.263 e. The highest BCUT2D eigenvalue weighted by Crippen LogP contribution is 2.20. The molecule has 0 aliphatic heterocycles. The Balaban J connectivity index is 2.27. The van der Waals surface area contributed by atoms with E-state index in [0.29, 0.717) is 17.1 Å². The standard InChI is InChI=1S/C12H12ClN3O3S/c1-8-5-10(7-15-12(8)13)20(17,18)16-9-3-4-11(19-2)14-6-9/h3-7,16H,1-2H3. The van der Waals surface area contributed by atoms with E-state index in [-0.39, 0.29) is 10.0 Å². The number of hydrogen-bond acceptors (Lipinski definition) is 5. The van der Waals surface area contributed by atoms with Gasteiger partial charge < -0.3 is 4.74 Å². The fraction of sp³-hybridized carbons (Fsp3) is 0.167. The maximum atomic E-state index is 12.2. The van der Waals surface area contributed by atoms with Crippen molar-refractivity contribution < 1.29 is 13.2 Å². The van der Waals surface area contributed by atoms with E-state index in [9.17, 15) is 8.42 Å². The molecule has 0 radical (unpaired) electrons. The van der Waals surface area contributed by atoms with E-state index in [4.69, 9.17) is 16.3 Å². The molecule has 0 saturated carbocycles. The highest BCUT2D eigenvalue weighted by Gasteiger charge is 2.16. The number of anilines is 1. The summed E-state index contributed by atoms with van der Waals surface area (Å²) in [7, 11) is -2.24. The number of rotatable bonds is 4. The van der Waals surface area contributed by atoms with Gasteiger partial charge in [-0.15, -0.1) is 0 Å². The number of halogens is 1. The minimum atomic E-state index is -3.72. The SMILES string of the molecule is COc1ccc(NS(=O)(=O)c2cnc(Cl)c(C)c2)cn1. The Kier molecular flexibility index (Phi) is 4.10. The topological polar surface area (TPSA) is 81.2 Å². The summed E-state index contributed by atoms with van der Waals surface area (Å²) in [6, 6.07) is 4.57. The number of nitrogens with zero attached hydrogens (tertiary/aromatic N) is 2. The fourth-order valence-electron chi connectivity index (χ4n) is 1.45. The molecular weight excluding hydrogens is 302 g/mol. The van der Waals surface area contributed by atoms with E-state index in [0.717, 1.165) is 0 Å². The van der Waals surface area contributed by atoms with Crippen molar-refractivity contribution in [3.63, 3.8) is 0 Å². The molecule has 106 valence electrons. The van der Waals surface area contributed by atoms with Crippen LogP contribution in [0.3, 0.4) is 0 Å². The molecule has 2 aromatic rings. The molecule has 1 N–H and O–H groups in total. The maximum absolute atomic E-state index is 12.2. The number of nitrogens with one attached hydrogen (secondary N) is 1. The number of hydrogen-bond donors (Lipinski definition) is 1. The summed E-state index contributed by atoms with van der Waals surface area (Å²) in [5, 5.41) is 0.273. The van der Waals surface area contributed by atoms with Gasteiger partial charge in [0.1, 0.15) is 10.0 Å². The number of methoxy groups -OCH3 is 1. The highest BCUT2D eigenvalue weighted by atomic mass is 35.5. The van der Waals surface area contributed by atoms with E-state index >= 15 is 0 Å². The molecule has 2 heterocycles. The van der Waals surface area contributed by atoms with Crippen molar-refractivity contribution in [1.29, 1.82) is 0 Å². The summed E-state index contributed by atoms with van der Waals surface area (Å²) in [6.07, 6.45) is 2.57.